The molecule has 17 heavy (non-hydrogen) atoms. The van der Waals surface area contributed by atoms with Crippen LogP contribution < -0.4 is 0 Å². The normalized spacial score (nSPS) is 12.4. The van der Waals surface area contributed by atoms with E-state index in [2.05, 4.69) is 31.1 Å². The number of nitrogens with zero attached hydrogens (tertiary/aromatic N) is 3. The fourth-order valence-corrected chi connectivity index (χ4v) is 2.49. The fraction of sp³-hybridized carbons (Fsp3) is 0.182. The van der Waals surface area contributed by atoms with Gasteiger partial charge in [-0.3, -0.25) is 0 Å². The summed E-state index contributed by atoms with van der Waals surface area (Å²) in [6.07, 6.45) is 1.66. The van der Waals surface area contributed by atoms with E-state index in [0.717, 1.165) is 0 Å². The predicted molar refractivity (Wildman–Crippen MR) is 69.9 cm³/mol. The molecule has 2 aromatic rings. The lowest BCUT2D eigenvalue weighted by Crippen LogP contribution is -2.07. The first kappa shape index (κ1) is 12.5. The Kier molecular flexibility index (Phi) is 4.09. The van der Waals surface area contributed by atoms with E-state index in [4.69, 9.17) is 0 Å². The van der Waals surface area contributed by atoms with Crippen molar-refractivity contribution in [3.05, 3.63) is 35.1 Å². The molecule has 1 atom stereocenters. The average Bonchev–Trinajstić information content (AvgIpc) is 2.39. The van der Waals surface area contributed by atoms with Crippen LogP contribution in [0.1, 0.15) is 6.92 Å². The second-order valence-corrected chi connectivity index (χ2v) is 5.75. The van der Waals surface area contributed by atoms with Crippen molar-refractivity contribution >= 4 is 27.1 Å². The van der Waals surface area contributed by atoms with Crippen LogP contribution in [0.15, 0.2) is 40.0 Å². The van der Waals surface area contributed by atoms with Crippen molar-refractivity contribution in [3.63, 3.8) is 0 Å². The summed E-state index contributed by atoms with van der Waals surface area (Å²) in [5, 5.41) is 7.94. The van der Waals surface area contributed by atoms with Crippen LogP contribution in [0.25, 0.3) is 11.4 Å². The van der Waals surface area contributed by atoms with Gasteiger partial charge < -0.3 is 4.55 Å². The Labute approximate surface area is 111 Å². The highest BCUT2D eigenvalue weighted by Crippen LogP contribution is 2.24. The highest BCUT2D eigenvalue weighted by Gasteiger charge is 2.17. The van der Waals surface area contributed by atoms with E-state index in [9.17, 15) is 4.55 Å². The molecular formula is C11H10BrN3OS. The molecule has 1 unspecified atom stereocenters. The zero-order valence-corrected chi connectivity index (χ0v) is 11.5. The first-order chi connectivity index (χ1) is 8.22. The predicted octanol–water partition coefficient (Wildman–Crippen LogP) is 2.43. The molecule has 0 aromatic carbocycles. The molecule has 2 rings (SSSR count). The molecule has 0 saturated carbocycles. The van der Waals surface area contributed by atoms with Gasteiger partial charge in [-0.1, -0.05) is 0 Å². The lowest BCUT2D eigenvalue weighted by atomic mass is 10.2. The van der Waals surface area contributed by atoms with Crippen LogP contribution in [0.5, 0.6) is 0 Å². The molecule has 0 aliphatic heterocycles. The third-order valence-corrected chi connectivity index (χ3v) is 3.92. The number of pyridine rings is 1. The maximum Gasteiger partial charge on any atom is 0.180 e. The Morgan fingerprint density at radius 2 is 2.12 bits per heavy atom. The van der Waals surface area contributed by atoms with Crippen LogP contribution >= 0.6 is 15.9 Å². The van der Waals surface area contributed by atoms with Crippen molar-refractivity contribution < 1.29 is 4.55 Å². The molecule has 0 N–H and O–H groups in total. The van der Waals surface area contributed by atoms with E-state index >= 15 is 0 Å². The van der Waals surface area contributed by atoms with E-state index in [-0.39, 0.29) is 0 Å². The van der Waals surface area contributed by atoms with Crippen LogP contribution in [0.3, 0.4) is 0 Å². The molecule has 0 spiro atoms. The minimum Gasteiger partial charge on any atom is -0.611 e. The van der Waals surface area contributed by atoms with Crippen molar-refractivity contribution in [3.8, 4) is 11.4 Å². The summed E-state index contributed by atoms with van der Waals surface area (Å²) in [5.74, 6) is 0.558. The van der Waals surface area contributed by atoms with Crippen LogP contribution in [0.2, 0.25) is 0 Å². The SMILES string of the molecule is CC[S+]([O-])c1cccnc1-c1ccc(Br)nn1. The molecule has 2 heterocycles. The zero-order valence-electron chi connectivity index (χ0n) is 9.13. The standard InChI is InChI=1S/C11H10BrN3OS/c1-2-17(16)9-4-3-7-13-11(9)8-5-6-10(12)15-14-8/h3-7H,2H2,1H3. The van der Waals surface area contributed by atoms with Crippen LogP contribution in [-0.4, -0.2) is 25.5 Å². The van der Waals surface area contributed by atoms with Crippen molar-refractivity contribution in [2.45, 2.75) is 11.8 Å². The molecule has 0 saturated heterocycles. The molecular weight excluding hydrogens is 302 g/mol. The van der Waals surface area contributed by atoms with E-state index in [0.29, 0.717) is 26.6 Å². The molecule has 0 bridgehead atoms. The highest BCUT2D eigenvalue weighted by atomic mass is 79.9. The monoisotopic (exact) mass is 311 g/mol. The molecule has 4 nitrogen and oxygen atoms in total. The first-order valence-electron chi connectivity index (χ1n) is 5.05. The molecule has 2 aromatic heterocycles. The van der Waals surface area contributed by atoms with Gasteiger partial charge in [0.25, 0.3) is 0 Å². The summed E-state index contributed by atoms with van der Waals surface area (Å²) in [7, 11) is 0. The van der Waals surface area contributed by atoms with Gasteiger partial charge >= 0.3 is 0 Å². The highest BCUT2D eigenvalue weighted by molar-refractivity contribution is 9.10. The van der Waals surface area contributed by atoms with Gasteiger partial charge in [0.2, 0.25) is 0 Å². The largest absolute Gasteiger partial charge is 0.611 e. The summed E-state index contributed by atoms with van der Waals surface area (Å²) >= 11 is 2.18. The first-order valence-corrected chi connectivity index (χ1v) is 7.16. The summed E-state index contributed by atoms with van der Waals surface area (Å²) < 4.78 is 12.6. The number of aromatic nitrogens is 3. The lowest BCUT2D eigenvalue weighted by Gasteiger charge is -2.10. The van der Waals surface area contributed by atoms with Gasteiger partial charge in [0, 0.05) is 6.20 Å². The Morgan fingerprint density at radius 3 is 2.76 bits per heavy atom. The molecule has 0 radical (unpaired) electrons. The number of hydrogen-bond acceptors (Lipinski definition) is 4. The van der Waals surface area contributed by atoms with Crippen molar-refractivity contribution in [2.24, 2.45) is 0 Å². The van der Waals surface area contributed by atoms with Crippen LogP contribution in [-0.2, 0) is 11.2 Å². The maximum atomic E-state index is 11.9. The van der Waals surface area contributed by atoms with Gasteiger partial charge in [0.15, 0.2) is 4.90 Å². The zero-order chi connectivity index (χ0) is 12.3. The van der Waals surface area contributed by atoms with Crippen molar-refractivity contribution in [1.82, 2.24) is 15.2 Å². The van der Waals surface area contributed by atoms with E-state index < -0.39 is 11.2 Å². The van der Waals surface area contributed by atoms with Gasteiger partial charge in [0.1, 0.15) is 21.7 Å². The fourth-order valence-electron chi connectivity index (χ4n) is 1.36. The van der Waals surface area contributed by atoms with Crippen molar-refractivity contribution in [1.29, 1.82) is 0 Å². The Bertz CT molecular complexity index is 506. The minimum absolute atomic E-state index is 0.558. The number of rotatable bonds is 3. The van der Waals surface area contributed by atoms with Gasteiger partial charge in [-0.05, 0) is 58.3 Å². The molecule has 0 aliphatic rings. The quantitative estimate of drug-likeness (QED) is 0.817. The van der Waals surface area contributed by atoms with Gasteiger partial charge in [0.05, 0.1) is 0 Å². The summed E-state index contributed by atoms with van der Waals surface area (Å²) in [6.45, 7) is 1.88. The van der Waals surface area contributed by atoms with Gasteiger partial charge in [-0.25, -0.2) is 4.98 Å². The molecule has 88 valence electrons. The van der Waals surface area contributed by atoms with Crippen LogP contribution in [0.4, 0.5) is 0 Å². The molecule has 6 heteroatoms. The Hall–Kier alpha value is -0.980. The van der Waals surface area contributed by atoms with Gasteiger partial charge in [-0.2, -0.15) is 0 Å². The molecule has 0 amide bonds. The summed E-state index contributed by atoms with van der Waals surface area (Å²) in [5.41, 5.74) is 1.26. The maximum absolute atomic E-state index is 11.9. The Balaban J connectivity index is 2.48. The third kappa shape index (κ3) is 2.83. The Morgan fingerprint density at radius 1 is 1.29 bits per heavy atom. The van der Waals surface area contributed by atoms with Gasteiger partial charge in [-0.15, -0.1) is 10.2 Å². The number of halogens is 1. The summed E-state index contributed by atoms with van der Waals surface area (Å²) in [6, 6.07) is 7.18. The lowest BCUT2D eigenvalue weighted by molar-refractivity contribution is 0.596. The van der Waals surface area contributed by atoms with E-state index in [1.165, 1.54) is 0 Å². The molecule has 0 aliphatic carbocycles. The van der Waals surface area contributed by atoms with Crippen molar-refractivity contribution in [2.75, 3.05) is 5.75 Å². The second-order valence-electron chi connectivity index (χ2n) is 3.23. The number of hydrogen-bond donors (Lipinski definition) is 0. The second kappa shape index (κ2) is 5.57. The third-order valence-electron chi connectivity index (χ3n) is 2.15. The smallest absolute Gasteiger partial charge is 0.180 e. The van der Waals surface area contributed by atoms with E-state index in [1.807, 2.05) is 13.0 Å². The summed E-state index contributed by atoms with van der Waals surface area (Å²) in [4.78, 5) is 4.94. The topological polar surface area (TPSA) is 61.7 Å². The average molecular weight is 312 g/mol. The minimum atomic E-state index is -1.05. The van der Waals surface area contributed by atoms with E-state index in [1.54, 1.807) is 24.4 Å². The van der Waals surface area contributed by atoms with Crippen LogP contribution in [0, 0.1) is 0 Å². The molecule has 0 fully saturated rings.